The Morgan fingerprint density at radius 2 is 1.54 bits per heavy atom. The molecule has 7 rings (SSSR count). The highest BCUT2D eigenvalue weighted by atomic mass is 32.1. The van der Waals surface area contributed by atoms with Gasteiger partial charge in [0.15, 0.2) is 5.01 Å². The molecule has 6 aromatic rings. The maximum absolute atomic E-state index is 14.3. The van der Waals surface area contributed by atoms with E-state index in [-0.39, 0.29) is 16.5 Å². The first-order chi connectivity index (χ1) is 23.3. The molecule has 1 N–H and O–H groups in total. The van der Waals surface area contributed by atoms with Crippen LogP contribution in [-0.2, 0) is 30.2 Å². The van der Waals surface area contributed by atoms with Gasteiger partial charge < -0.3 is 9.63 Å². The first-order valence-electron chi connectivity index (χ1n) is 15.4. The summed E-state index contributed by atoms with van der Waals surface area (Å²) in [6.07, 6.45) is -2.70. The number of hydrogen-bond acceptors (Lipinski definition) is 6. The van der Waals surface area contributed by atoms with Crippen molar-refractivity contribution in [2.45, 2.75) is 37.9 Å². The molecule has 1 aliphatic rings. The lowest BCUT2D eigenvalue weighted by molar-refractivity contribution is -0.138. The van der Waals surface area contributed by atoms with Gasteiger partial charge >= 0.3 is 12.1 Å². The molecule has 2 heterocycles. The molecular weight excluding hydrogens is 635 g/mol. The van der Waals surface area contributed by atoms with Gasteiger partial charge in [0.2, 0.25) is 5.76 Å². The second-order valence-corrected chi connectivity index (χ2v) is 12.5. The number of alkyl halides is 3. The van der Waals surface area contributed by atoms with Crippen LogP contribution in [-0.4, -0.2) is 33.0 Å². The maximum Gasteiger partial charge on any atom is 0.422 e. The maximum atomic E-state index is 14.3. The number of aromatic nitrogens is 2. The average Bonchev–Trinajstić information content (AvgIpc) is 3.75. The van der Waals surface area contributed by atoms with Crippen molar-refractivity contribution in [3.05, 3.63) is 143 Å². The van der Waals surface area contributed by atoms with Gasteiger partial charge in [0.1, 0.15) is 17.3 Å². The second-order valence-electron chi connectivity index (χ2n) is 11.5. The van der Waals surface area contributed by atoms with Crippen molar-refractivity contribution >= 4 is 23.0 Å². The summed E-state index contributed by atoms with van der Waals surface area (Å²) in [5.41, 5.74) is 5.04. The Kier molecular flexibility index (Phi) is 8.49. The Bertz CT molecular complexity index is 2070. The van der Waals surface area contributed by atoms with Gasteiger partial charge in [-0.2, -0.15) is 13.2 Å². The highest BCUT2D eigenvalue weighted by molar-refractivity contribution is 7.18. The zero-order valence-corrected chi connectivity index (χ0v) is 26.3. The van der Waals surface area contributed by atoms with Crippen LogP contribution in [0.1, 0.15) is 39.9 Å². The van der Waals surface area contributed by atoms with Crippen molar-refractivity contribution in [3.8, 4) is 32.5 Å². The SMILES string of the molecule is O=C(O)C(CCc1ccc2c(c1)CCc1nc(-c3onc(-c4ccccc4)c3C(F)(F)F)sc1-2)N=C(c1ccccc1)c1ccccc1. The van der Waals surface area contributed by atoms with Crippen LogP contribution in [0.25, 0.3) is 32.5 Å². The van der Waals surface area contributed by atoms with E-state index in [2.05, 4.69) is 16.2 Å². The van der Waals surface area contributed by atoms with Crippen molar-refractivity contribution in [3.63, 3.8) is 0 Å². The van der Waals surface area contributed by atoms with E-state index in [1.807, 2.05) is 72.8 Å². The number of halogens is 3. The molecule has 48 heavy (non-hydrogen) atoms. The molecule has 0 saturated carbocycles. The summed E-state index contributed by atoms with van der Waals surface area (Å²) < 4.78 is 48.3. The highest BCUT2D eigenvalue weighted by Crippen LogP contribution is 2.47. The Morgan fingerprint density at radius 3 is 2.17 bits per heavy atom. The summed E-state index contributed by atoms with van der Waals surface area (Å²) in [6.45, 7) is 0. The summed E-state index contributed by atoms with van der Waals surface area (Å²) in [4.78, 5) is 22.5. The number of aliphatic imine (C=N–C) groups is 1. The predicted octanol–water partition coefficient (Wildman–Crippen LogP) is 9.17. The van der Waals surface area contributed by atoms with Gasteiger partial charge in [-0.25, -0.2) is 9.78 Å². The van der Waals surface area contributed by atoms with E-state index in [9.17, 15) is 23.1 Å². The number of hydrogen-bond donors (Lipinski definition) is 1. The van der Waals surface area contributed by atoms with Crippen LogP contribution in [0.2, 0.25) is 0 Å². The van der Waals surface area contributed by atoms with E-state index >= 15 is 0 Å². The highest BCUT2D eigenvalue weighted by Gasteiger charge is 2.42. The molecule has 0 saturated heterocycles. The minimum absolute atomic E-state index is 0.133. The number of nitrogens with zero attached hydrogens (tertiary/aromatic N) is 3. The number of rotatable bonds is 9. The molecule has 0 aliphatic heterocycles. The van der Waals surface area contributed by atoms with Gasteiger partial charge in [0, 0.05) is 16.7 Å². The number of fused-ring (bicyclic) bond motifs is 3. The summed E-state index contributed by atoms with van der Waals surface area (Å²) in [5.74, 6) is -1.38. The fraction of sp³-hybridized carbons (Fsp3) is 0.158. The van der Waals surface area contributed by atoms with Gasteiger partial charge in [-0.15, -0.1) is 11.3 Å². The number of thiazole rings is 1. The molecule has 10 heteroatoms. The van der Waals surface area contributed by atoms with Crippen LogP contribution >= 0.6 is 11.3 Å². The molecule has 0 fully saturated rings. The van der Waals surface area contributed by atoms with E-state index < -0.39 is 23.8 Å². The normalized spacial score (nSPS) is 13.0. The van der Waals surface area contributed by atoms with E-state index in [1.165, 1.54) is 0 Å². The molecule has 0 spiro atoms. The standard InChI is InChI=1S/C38H28F3N3O3S/c39-38(40,41)31-33(26-14-8-3-9-15-26)44-47-34(31)36-43-29-21-18-27-22-23(16-19-28(27)35(29)48-36)17-20-30(37(45)46)42-32(24-10-4-1-5-11-24)25-12-6-2-7-13-25/h1-16,19,22,30H,17-18,20-21H2,(H,45,46). The molecule has 1 unspecified atom stereocenters. The molecule has 1 aliphatic carbocycles. The summed E-state index contributed by atoms with van der Waals surface area (Å²) in [7, 11) is 0. The molecule has 6 nitrogen and oxygen atoms in total. The fourth-order valence-electron chi connectivity index (χ4n) is 6.02. The van der Waals surface area contributed by atoms with Crippen LogP contribution in [0.5, 0.6) is 0 Å². The lowest BCUT2D eigenvalue weighted by Crippen LogP contribution is -2.21. The third kappa shape index (κ3) is 6.31. The van der Waals surface area contributed by atoms with E-state index in [4.69, 9.17) is 9.52 Å². The second kappa shape index (κ2) is 13.0. The minimum Gasteiger partial charge on any atom is -0.480 e. The van der Waals surface area contributed by atoms with Gasteiger partial charge in [0.05, 0.1) is 16.3 Å². The van der Waals surface area contributed by atoms with Gasteiger partial charge in [-0.3, -0.25) is 4.99 Å². The van der Waals surface area contributed by atoms with Crippen molar-refractivity contribution in [2.24, 2.45) is 4.99 Å². The van der Waals surface area contributed by atoms with Gasteiger partial charge in [-0.1, -0.05) is 114 Å². The van der Waals surface area contributed by atoms with Crippen molar-refractivity contribution in [1.82, 2.24) is 10.1 Å². The Labute approximate surface area is 278 Å². The summed E-state index contributed by atoms with van der Waals surface area (Å²) >= 11 is 1.16. The van der Waals surface area contributed by atoms with Crippen LogP contribution in [0.15, 0.2) is 119 Å². The monoisotopic (exact) mass is 663 g/mol. The number of carbonyl (C=O) groups is 1. The first kappa shape index (κ1) is 31.3. The van der Waals surface area contributed by atoms with Crippen molar-refractivity contribution in [2.75, 3.05) is 0 Å². The van der Waals surface area contributed by atoms with Crippen LogP contribution in [0.3, 0.4) is 0 Å². The van der Waals surface area contributed by atoms with E-state index in [0.29, 0.717) is 37.0 Å². The number of aryl methyl sites for hydroxylation is 3. The molecule has 0 radical (unpaired) electrons. The topological polar surface area (TPSA) is 88.6 Å². The fourth-order valence-corrected chi connectivity index (χ4v) is 7.17. The molecule has 0 amide bonds. The molecule has 2 aromatic heterocycles. The first-order valence-corrected chi connectivity index (χ1v) is 16.2. The van der Waals surface area contributed by atoms with E-state index in [1.54, 1.807) is 30.3 Å². The number of carboxylic acid groups (broad SMARTS) is 1. The third-order valence-corrected chi connectivity index (χ3v) is 9.46. The van der Waals surface area contributed by atoms with Gasteiger partial charge in [-0.05, 0) is 42.4 Å². The quantitative estimate of drug-likeness (QED) is 0.156. The molecular formula is C38H28F3N3O3S. The molecule has 0 bridgehead atoms. The van der Waals surface area contributed by atoms with Crippen molar-refractivity contribution in [1.29, 1.82) is 0 Å². The average molecular weight is 664 g/mol. The zero-order chi connectivity index (χ0) is 33.3. The largest absolute Gasteiger partial charge is 0.480 e. The summed E-state index contributed by atoms with van der Waals surface area (Å²) in [5, 5.41) is 14.1. The minimum atomic E-state index is -4.69. The Balaban J connectivity index is 1.15. The molecule has 4 aromatic carbocycles. The lowest BCUT2D eigenvalue weighted by atomic mass is 9.91. The van der Waals surface area contributed by atoms with Gasteiger partial charge in [0.25, 0.3) is 0 Å². The van der Waals surface area contributed by atoms with Crippen LogP contribution in [0, 0.1) is 0 Å². The Morgan fingerprint density at radius 1 is 0.896 bits per heavy atom. The molecule has 240 valence electrons. The number of benzene rings is 4. The van der Waals surface area contributed by atoms with Crippen LogP contribution < -0.4 is 0 Å². The number of aliphatic carboxylic acids is 1. The van der Waals surface area contributed by atoms with Crippen molar-refractivity contribution < 1.29 is 27.6 Å². The Hall–Kier alpha value is -5.35. The van der Waals surface area contributed by atoms with E-state index in [0.717, 1.165) is 49.7 Å². The van der Waals surface area contributed by atoms with Crippen LogP contribution in [0.4, 0.5) is 13.2 Å². The third-order valence-electron chi connectivity index (χ3n) is 8.33. The zero-order valence-electron chi connectivity index (χ0n) is 25.4. The number of carboxylic acids is 1. The molecule has 1 atom stereocenters. The summed E-state index contributed by atoms with van der Waals surface area (Å²) in [6, 6.07) is 32.2. The lowest BCUT2D eigenvalue weighted by Gasteiger charge is -2.17. The predicted molar refractivity (Wildman–Crippen MR) is 179 cm³/mol. The smallest absolute Gasteiger partial charge is 0.422 e.